The zero-order chi connectivity index (χ0) is 13.9. The summed E-state index contributed by atoms with van der Waals surface area (Å²) in [4.78, 5) is 8.73. The van der Waals surface area contributed by atoms with Crippen molar-refractivity contribution in [3.63, 3.8) is 0 Å². The first kappa shape index (κ1) is 12.1. The number of aromatic nitrogens is 2. The first-order valence-corrected chi connectivity index (χ1v) is 6.26. The van der Waals surface area contributed by atoms with E-state index in [4.69, 9.17) is 5.26 Å². The molecule has 96 valence electrons. The number of benzene rings is 1. The lowest BCUT2D eigenvalue weighted by Gasteiger charge is -2.09. The van der Waals surface area contributed by atoms with E-state index < -0.39 is 0 Å². The number of hydrogen-bond acceptors (Lipinski definition) is 4. The zero-order valence-corrected chi connectivity index (χ0v) is 11.0. The number of rotatable bonds is 2. The number of hydrogen-bond donors (Lipinski definition) is 1. The van der Waals surface area contributed by atoms with Crippen molar-refractivity contribution in [2.24, 2.45) is 0 Å². The van der Waals surface area contributed by atoms with Gasteiger partial charge in [-0.3, -0.25) is 0 Å². The molecule has 0 fully saturated rings. The lowest BCUT2D eigenvalue weighted by molar-refractivity contribution is 1.25. The summed E-state index contributed by atoms with van der Waals surface area (Å²) in [5.41, 5.74) is 2.55. The Balaban J connectivity index is 2.05. The van der Waals surface area contributed by atoms with E-state index in [0.717, 1.165) is 16.5 Å². The van der Waals surface area contributed by atoms with Crippen molar-refractivity contribution >= 4 is 22.5 Å². The number of nitriles is 1. The van der Waals surface area contributed by atoms with Crippen molar-refractivity contribution in [2.75, 3.05) is 5.32 Å². The third-order valence-corrected chi connectivity index (χ3v) is 3.10. The van der Waals surface area contributed by atoms with Gasteiger partial charge in [-0.2, -0.15) is 5.26 Å². The number of para-hydroxylation sites is 1. The maximum Gasteiger partial charge on any atom is 0.149 e. The number of pyridine rings is 2. The molecule has 0 spiro atoms. The minimum atomic E-state index is 0.500. The van der Waals surface area contributed by atoms with Gasteiger partial charge in [-0.15, -0.1) is 0 Å². The van der Waals surface area contributed by atoms with Gasteiger partial charge in [0.15, 0.2) is 0 Å². The fraction of sp³-hybridized carbons (Fsp3) is 0.0625. The Bertz CT molecular complexity index is 818. The molecule has 20 heavy (non-hydrogen) atoms. The van der Waals surface area contributed by atoms with Crippen LogP contribution >= 0.6 is 0 Å². The van der Waals surface area contributed by atoms with Crippen LogP contribution in [0.25, 0.3) is 10.9 Å². The van der Waals surface area contributed by atoms with Crippen LogP contribution in [0.4, 0.5) is 11.6 Å². The summed E-state index contributed by atoms with van der Waals surface area (Å²) in [6, 6.07) is 15.5. The van der Waals surface area contributed by atoms with Crippen molar-refractivity contribution in [1.29, 1.82) is 5.26 Å². The van der Waals surface area contributed by atoms with E-state index in [1.165, 1.54) is 0 Å². The fourth-order valence-corrected chi connectivity index (χ4v) is 2.13. The number of aryl methyl sites for hydroxylation is 1. The van der Waals surface area contributed by atoms with E-state index in [0.29, 0.717) is 17.2 Å². The highest BCUT2D eigenvalue weighted by Crippen LogP contribution is 2.22. The van der Waals surface area contributed by atoms with Gasteiger partial charge >= 0.3 is 0 Å². The molecule has 2 aromatic heterocycles. The van der Waals surface area contributed by atoms with Crippen molar-refractivity contribution in [2.45, 2.75) is 6.92 Å². The van der Waals surface area contributed by atoms with E-state index in [2.05, 4.69) is 21.4 Å². The van der Waals surface area contributed by atoms with Gasteiger partial charge in [0.05, 0.1) is 11.1 Å². The summed E-state index contributed by atoms with van der Waals surface area (Å²) in [7, 11) is 0. The van der Waals surface area contributed by atoms with Gasteiger partial charge in [0.1, 0.15) is 17.7 Å². The number of anilines is 2. The molecule has 0 atom stereocenters. The van der Waals surface area contributed by atoms with Gasteiger partial charge in [0, 0.05) is 11.6 Å². The van der Waals surface area contributed by atoms with Crippen LogP contribution in [0.1, 0.15) is 11.1 Å². The number of nitrogens with one attached hydrogen (secondary N) is 1. The Morgan fingerprint density at radius 3 is 2.85 bits per heavy atom. The molecule has 4 heteroatoms. The standard InChI is InChI=1S/C16H12N4/c1-11-9-15(19-14-7-3-2-6-13(11)14)20-16-12(10-17)5-4-8-18-16/h2-9H,1H3,(H,18,19,20). The normalized spacial score (nSPS) is 10.2. The quantitative estimate of drug-likeness (QED) is 0.765. The van der Waals surface area contributed by atoms with E-state index in [1.807, 2.05) is 37.3 Å². The highest BCUT2D eigenvalue weighted by atomic mass is 15.1. The topological polar surface area (TPSA) is 61.6 Å². The van der Waals surface area contributed by atoms with Crippen molar-refractivity contribution in [3.05, 3.63) is 59.8 Å². The molecule has 0 amide bonds. The van der Waals surface area contributed by atoms with Crippen LogP contribution in [-0.4, -0.2) is 9.97 Å². The minimum Gasteiger partial charge on any atom is -0.324 e. The highest BCUT2D eigenvalue weighted by molar-refractivity contribution is 5.84. The second-order valence-electron chi connectivity index (χ2n) is 4.48. The van der Waals surface area contributed by atoms with Crippen LogP contribution in [0.5, 0.6) is 0 Å². The van der Waals surface area contributed by atoms with E-state index >= 15 is 0 Å². The zero-order valence-electron chi connectivity index (χ0n) is 11.0. The first-order valence-electron chi connectivity index (χ1n) is 6.26. The number of nitrogens with zero attached hydrogens (tertiary/aromatic N) is 3. The summed E-state index contributed by atoms with van der Waals surface area (Å²) in [6.07, 6.45) is 1.65. The molecular weight excluding hydrogens is 248 g/mol. The third kappa shape index (κ3) is 2.17. The maximum atomic E-state index is 9.07. The maximum absolute atomic E-state index is 9.07. The average molecular weight is 260 g/mol. The van der Waals surface area contributed by atoms with Gasteiger partial charge in [-0.25, -0.2) is 9.97 Å². The Labute approximate surface area is 116 Å². The van der Waals surface area contributed by atoms with Crippen LogP contribution in [0.15, 0.2) is 48.7 Å². The van der Waals surface area contributed by atoms with Crippen LogP contribution in [-0.2, 0) is 0 Å². The SMILES string of the molecule is Cc1cc(Nc2ncccc2C#N)nc2ccccc12. The molecule has 3 rings (SSSR count). The minimum absolute atomic E-state index is 0.500. The van der Waals surface area contributed by atoms with E-state index in [9.17, 15) is 0 Å². The molecule has 0 saturated carbocycles. The van der Waals surface area contributed by atoms with Crippen LogP contribution < -0.4 is 5.32 Å². The van der Waals surface area contributed by atoms with Crippen LogP contribution in [0, 0.1) is 18.3 Å². The third-order valence-electron chi connectivity index (χ3n) is 3.10. The molecule has 0 aliphatic carbocycles. The summed E-state index contributed by atoms with van der Waals surface area (Å²) < 4.78 is 0. The van der Waals surface area contributed by atoms with Gasteiger partial charge in [-0.05, 0) is 36.8 Å². The highest BCUT2D eigenvalue weighted by Gasteiger charge is 2.06. The molecule has 0 unspecified atom stereocenters. The lowest BCUT2D eigenvalue weighted by Crippen LogP contribution is -1.99. The van der Waals surface area contributed by atoms with Crippen molar-refractivity contribution in [3.8, 4) is 6.07 Å². The molecule has 0 saturated heterocycles. The Morgan fingerprint density at radius 1 is 1.15 bits per heavy atom. The molecule has 2 heterocycles. The Hall–Kier alpha value is -2.93. The van der Waals surface area contributed by atoms with Gasteiger partial charge < -0.3 is 5.32 Å². The number of fused-ring (bicyclic) bond motifs is 1. The first-order chi connectivity index (χ1) is 9.78. The van der Waals surface area contributed by atoms with Gasteiger partial charge in [-0.1, -0.05) is 18.2 Å². The Kier molecular flexibility index (Phi) is 3.02. The largest absolute Gasteiger partial charge is 0.324 e. The monoisotopic (exact) mass is 260 g/mol. The second-order valence-corrected chi connectivity index (χ2v) is 4.48. The molecule has 0 aliphatic heterocycles. The molecule has 1 aromatic carbocycles. The lowest BCUT2D eigenvalue weighted by atomic mass is 10.1. The molecule has 4 nitrogen and oxygen atoms in total. The van der Waals surface area contributed by atoms with Crippen molar-refractivity contribution in [1.82, 2.24) is 9.97 Å². The molecule has 1 N–H and O–H groups in total. The summed E-state index contributed by atoms with van der Waals surface area (Å²) in [5, 5.41) is 13.3. The summed E-state index contributed by atoms with van der Waals surface area (Å²) in [5.74, 6) is 1.22. The van der Waals surface area contributed by atoms with Gasteiger partial charge in [0.2, 0.25) is 0 Å². The van der Waals surface area contributed by atoms with E-state index in [-0.39, 0.29) is 0 Å². The smallest absolute Gasteiger partial charge is 0.149 e. The van der Waals surface area contributed by atoms with Crippen LogP contribution in [0.2, 0.25) is 0 Å². The average Bonchev–Trinajstić information content (AvgIpc) is 2.48. The second kappa shape index (κ2) is 4.98. The molecule has 0 radical (unpaired) electrons. The van der Waals surface area contributed by atoms with Gasteiger partial charge in [0.25, 0.3) is 0 Å². The predicted octanol–water partition coefficient (Wildman–Crippen LogP) is 3.55. The Morgan fingerprint density at radius 2 is 2.00 bits per heavy atom. The molecule has 0 aliphatic rings. The van der Waals surface area contributed by atoms with Crippen LogP contribution in [0.3, 0.4) is 0 Å². The molecular formula is C16H12N4. The molecule has 0 bridgehead atoms. The van der Waals surface area contributed by atoms with Crippen molar-refractivity contribution < 1.29 is 0 Å². The summed E-state index contributed by atoms with van der Waals surface area (Å²) in [6.45, 7) is 2.04. The predicted molar refractivity (Wildman–Crippen MR) is 78.7 cm³/mol. The fourth-order valence-electron chi connectivity index (χ4n) is 2.13. The summed E-state index contributed by atoms with van der Waals surface area (Å²) >= 11 is 0. The molecule has 3 aromatic rings. The van der Waals surface area contributed by atoms with E-state index in [1.54, 1.807) is 18.3 Å².